The zero-order valence-electron chi connectivity index (χ0n) is 9.94. The first-order chi connectivity index (χ1) is 8.72. The molecule has 1 heterocycles. The molecule has 0 bridgehead atoms. The monoisotopic (exact) mass is 301 g/mol. The molecule has 3 nitrogen and oxygen atoms in total. The largest absolute Gasteiger partial charge is 0.316 e. The third-order valence-corrected chi connectivity index (χ3v) is 5.14. The van der Waals surface area contributed by atoms with Crippen LogP contribution in [0.25, 0.3) is 0 Å². The Morgan fingerprint density at radius 3 is 2.72 bits per heavy atom. The number of aromatic nitrogens is 2. The van der Waals surface area contributed by atoms with Gasteiger partial charge in [-0.05, 0) is 31.0 Å². The van der Waals surface area contributed by atoms with Crippen molar-refractivity contribution in [2.45, 2.75) is 20.1 Å². The summed E-state index contributed by atoms with van der Waals surface area (Å²) in [6.45, 7) is 0.664. The van der Waals surface area contributed by atoms with Crippen molar-refractivity contribution in [3.63, 3.8) is 0 Å². The van der Waals surface area contributed by atoms with Gasteiger partial charge in [-0.2, -0.15) is 0 Å². The van der Waals surface area contributed by atoms with Crippen molar-refractivity contribution in [2.75, 3.05) is 13.3 Å². The summed E-state index contributed by atoms with van der Waals surface area (Å²) >= 11 is 4.33. The molecular weight excluding hydrogens is 289 g/mol. The number of nitrogens with zero attached hydrogens (tertiary/aromatic N) is 2. The van der Waals surface area contributed by atoms with Crippen LogP contribution in [0.15, 0.2) is 31.8 Å². The van der Waals surface area contributed by atoms with Gasteiger partial charge < -0.3 is 5.32 Å². The molecule has 0 aliphatic carbocycles. The van der Waals surface area contributed by atoms with Crippen molar-refractivity contribution in [1.82, 2.24) is 15.5 Å². The van der Waals surface area contributed by atoms with Gasteiger partial charge in [0.2, 0.25) is 0 Å². The van der Waals surface area contributed by atoms with E-state index >= 15 is 0 Å². The lowest BCUT2D eigenvalue weighted by molar-refractivity contribution is 0.598. The molecule has 0 spiro atoms. The maximum atomic E-state index is 13.9. The predicted molar refractivity (Wildman–Crippen MR) is 75.0 cm³/mol. The smallest absolute Gasteiger partial charge is 0.179 e. The highest BCUT2D eigenvalue weighted by Gasteiger charge is 2.09. The Kier molecular flexibility index (Phi) is 4.99. The summed E-state index contributed by atoms with van der Waals surface area (Å²) < 4.78 is 15.5. The van der Waals surface area contributed by atoms with Crippen LogP contribution in [0.3, 0.4) is 0 Å². The van der Waals surface area contributed by atoms with Gasteiger partial charge >= 0.3 is 0 Å². The van der Waals surface area contributed by atoms with Gasteiger partial charge in [0.1, 0.15) is 5.82 Å². The lowest BCUT2D eigenvalue weighted by atomic mass is 10.2. The second kappa shape index (κ2) is 6.51. The fourth-order valence-electron chi connectivity index (χ4n) is 1.36. The molecule has 1 aromatic heterocycles. The zero-order valence-corrected chi connectivity index (χ0v) is 12.4. The molecule has 0 radical (unpaired) electrons. The fraction of sp³-hybridized carbons (Fsp3) is 0.273. The van der Waals surface area contributed by atoms with Crippen LogP contribution < -0.4 is 5.32 Å². The van der Waals surface area contributed by atoms with Gasteiger partial charge in [-0.3, -0.25) is 0 Å². The fourth-order valence-corrected chi connectivity index (χ4v) is 3.75. The third-order valence-electron chi connectivity index (χ3n) is 2.14. The Balaban J connectivity index is 2.13. The van der Waals surface area contributed by atoms with Crippen molar-refractivity contribution in [1.29, 1.82) is 0 Å². The molecule has 0 unspecified atom stereocenters. The first-order valence-corrected chi connectivity index (χ1v) is 8.07. The molecule has 0 aliphatic rings. The summed E-state index contributed by atoms with van der Waals surface area (Å²) in [5.74, 6) is -0.214. The number of halogens is 1. The molecule has 0 saturated heterocycles. The summed E-state index contributed by atoms with van der Waals surface area (Å²) in [4.78, 5) is 0.582. The van der Waals surface area contributed by atoms with E-state index in [0.29, 0.717) is 11.4 Å². The number of hydrogen-bond acceptors (Lipinski definition) is 6. The second-order valence-electron chi connectivity index (χ2n) is 3.44. The minimum atomic E-state index is -0.214. The summed E-state index contributed by atoms with van der Waals surface area (Å²) in [6, 6.07) is 5.25. The molecule has 18 heavy (non-hydrogen) atoms. The average Bonchev–Trinajstić information content (AvgIpc) is 2.81. The highest BCUT2D eigenvalue weighted by Crippen LogP contribution is 2.34. The van der Waals surface area contributed by atoms with Gasteiger partial charge in [0.05, 0.1) is 4.90 Å². The van der Waals surface area contributed by atoms with Crippen molar-refractivity contribution < 1.29 is 4.39 Å². The van der Waals surface area contributed by atoms with E-state index in [4.69, 9.17) is 0 Å². The van der Waals surface area contributed by atoms with Crippen molar-refractivity contribution >= 4 is 34.9 Å². The summed E-state index contributed by atoms with van der Waals surface area (Å²) in [5.41, 5.74) is 0.932. The van der Waals surface area contributed by atoms with Gasteiger partial charge in [0.25, 0.3) is 0 Å². The van der Waals surface area contributed by atoms with E-state index in [0.717, 1.165) is 14.2 Å². The van der Waals surface area contributed by atoms with Crippen LogP contribution >= 0.6 is 34.9 Å². The first-order valence-electron chi connectivity index (χ1n) is 5.21. The predicted octanol–water partition coefficient (Wildman–Crippen LogP) is 3.27. The van der Waals surface area contributed by atoms with Crippen LogP contribution in [0.1, 0.15) is 5.56 Å². The molecule has 96 valence electrons. The number of rotatable bonds is 5. The highest BCUT2D eigenvalue weighted by atomic mass is 32.2. The van der Waals surface area contributed by atoms with Crippen LogP contribution in [-0.4, -0.2) is 23.5 Å². The minimum absolute atomic E-state index is 0.214. The van der Waals surface area contributed by atoms with Gasteiger partial charge in [0, 0.05) is 6.54 Å². The number of nitrogens with one attached hydrogen (secondary N) is 1. The Hall–Kier alpha value is -0.630. The SMILES string of the molecule is CNCc1ccc(Sc2nnc(SC)s2)c(F)c1. The molecule has 0 aliphatic heterocycles. The third kappa shape index (κ3) is 3.44. The molecule has 1 aromatic carbocycles. The van der Waals surface area contributed by atoms with Crippen LogP contribution in [0, 0.1) is 5.82 Å². The lowest BCUT2D eigenvalue weighted by Gasteiger charge is -2.03. The molecule has 0 atom stereocenters. The number of thioether (sulfide) groups is 1. The normalized spacial score (nSPS) is 10.8. The van der Waals surface area contributed by atoms with Crippen LogP contribution in [-0.2, 0) is 6.54 Å². The molecule has 0 saturated carbocycles. The summed E-state index contributed by atoms with van der Waals surface area (Å²) in [5, 5.41) is 11.0. The van der Waals surface area contributed by atoms with Gasteiger partial charge in [-0.25, -0.2) is 4.39 Å². The molecule has 2 rings (SSSR count). The van der Waals surface area contributed by atoms with E-state index in [9.17, 15) is 4.39 Å². The van der Waals surface area contributed by atoms with Gasteiger partial charge in [-0.1, -0.05) is 40.9 Å². The Morgan fingerprint density at radius 2 is 2.11 bits per heavy atom. The van der Waals surface area contributed by atoms with Crippen LogP contribution in [0.4, 0.5) is 4.39 Å². The second-order valence-corrected chi connectivity index (χ2v) is 6.76. The van der Waals surface area contributed by atoms with E-state index in [1.165, 1.54) is 23.1 Å². The van der Waals surface area contributed by atoms with E-state index < -0.39 is 0 Å². The maximum Gasteiger partial charge on any atom is 0.179 e. The Bertz CT molecular complexity index is 530. The Morgan fingerprint density at radius 1 is 1.33 bits per heavy atom. The average molecular weight is 301 g/mol. The molecule has 2 aromatic rings. The quantitative estimate of drug-likeness (QED) is 0.858. The summed E-state index contributed by atoms with van der Waals surface area (Å²) in [7, 11) is 1.84. The van der Waals surface area contributed by atoms with E-state index in [-0.39, 0.29) is 5.82 Å². The molecule has 0 fully saturated rings. The lowest BCUT2D eigenvalue weighted by Crippen LogP contribution is -2.05. The van der Waals surface area contributed by atoms with E-state index in [1.54, 1.807) is 23.9 Å². The topological polar surface area (TPSA) is 37.8 Å². The Labute approximate surface area is 118 Å². The van der Waals surface area contributed by atoms with Crippen molar-refractivity contribution in [2.24, 2.45) is 0 Å². The van der Waals surface area contributed by atoms with Crippen molar-refractivity contribution in [3.05, 3.63) is 29.6 Å². The minimum Gasteiger partial charge on any atom is -0.316 e. The standard InChI is InChI=1S/C11H12FN3S3/c1-13-6-7-3-4-9(8(12)5-7)17-11-15-14-10(16-2)18-11/h3-5,13H,6H2,1-2H3. The van der Waals surface area contributed by atoms with Gasteiger partial charge in [0.15, 0.2) is 8.68 Å². The van der Waals surface area contributed by atoms with Gasteiger partial charge in [-0.15, -0.1) is 10.2 Å². The number of benzene rings is 1. The number of hydrogen-bond donors (Lipinski definition) is 1. The first kappa shape index (κ1) is 13.8. The van der Waals surface area contributed by atoms with Crippen LogP contribution in [0.5, 0.6) is 0 Å². The van der Waals surface area contributed by atoms with E-state index in [2.05, 4.69) is 15.5 Å². The maximum absolute atomic E-state index is 13.9. The molecule has 7 heteroatoms. The molecule has 0 amide bonds. The molecular formula is C11H12FN3S3. The van der Waals surface area contributed by atoms with E-state index in [1.807, 2.05) is 19.4 Å². The van der Waals surface area contributed by atoms with Crippen molar-refractivity contribution in [3.8, 4) is 0 Å². The van der Waals surface area contributed by atoms with Crippen LogP contribution in [0.2, 0.25) is 0 Å². The zero-order chi connectivity index (χ0) is 13.0. The highest BCUT2D eigenvalue weighted by molar-refractivity contribution is 8.03. The molecule has 1 N–H and O–H groups in total. The summed E-state index contributed by atoms with van der Waals surface area (Å²) in [6.07, 6.45) is 1.95.